The van der Waals surface area contributed by atoms with E-state index in [1.807, 2.05) is 0 Å². The quantitative estimate of drug-likeness (QED) is 0.0262. The average molecular weight is 897 g/mol. The van der Waals surface area contributed by atoms with Crippen LogP contribution in [0, 0.1) is 0 Å². The van der Waals surface area contributed by atoms with E-state index in [4.69, 9.17) is 14.2 Å². The van der Waals surface area contributed by atoms with Gasteiger partial charge in [-0.15, -0.1) is 0 Å². The van der Waals surface area contributed by atoms with Gasteiger partial charge in [-0.3, -0.25) is 14.4 Å². The number of rotatable bonds is 44. The van der Waals surface area contributed by atoms with E-state index in [1.165, 1.54) is 12.8 Å². The summed E-state index contributed by atoms with van der Waals surface area (Å²) < 4.78 is 16.7. The minimum Gasteiger partial charge on any atom is -0.462 e. The second kappa shape index (κ2) is 52.2. The molecule has 364 valence electrons. The van der Waals surface area contributed by atoms with E-state index in [2.05, 4.69) is 154 Å². The van der Waals surface area contributed by atoms with Crippen LogP contribution in [0.15, 0.2) is 134 Å². The maximum absolute atomic E-state index is 12.8. The van der Waals surface area contributed by atoms with E-state index in [0.717, 1.165) is 141 Å². The molecule has 6 heteroatoms. The zero-order valence-corrected chi connectivity index (χ0v) is 41.4. The molecule has 0 saturated heterocycles. The van der Waals surface area contributed by atoms with Gasteiger partial charge in [-0.1, -0.05) is 193 Å². The predicted octanol–water partition coefficient (Wildman–Crippen LogP) is 17.1. The molecule has 1 atom stereocenters. The first-order valence-corrected chi connectivity index (χ1v) is 25.7. The average Bonchev–Trinajstić information content (AvgIpc) is 3.30. The van der Waals surface area contributed by atoms with Crippen molar-refractivity contribution < 1.29 is 28.6 Å². The summed E-state index contributed by atoms with van der Waals surface area (Å²) in [4.78, 5) is 38.0. The van der Waals surface area contributed by atoms with Gasteiger partial charge in [0.25, 0.3) is 0 Å². The monoisotopic (exact) mass is 897 g/mol. The normalized spacial score (nSPS) is 13.2. The number of carbonyl (C=O) groups excluding carboxylic acids is 3. The first-order chi connectivity index (χ1) is 32.0. The Labute approximate surface area is 398 Å². The lowest BCUT2D eigenvalue weighted by Crippen LogP contribution is -2.30. The minimum atomic E-state index is -0.822. The molecule has 0 amide bonds. The molecule has 0 aromatic heterocycles. The van der Waals surface area contributed by atoms with Gasteiger partial charge in [-0.25, -0.2) is 0 Å². The van der Waals surface area contributed by atoms with Crippen LogP contribution in [0.3, 0.4) is 0 Å². The van der Waals surface area contributed by atoms with Gasteiger partial charge in [0.1, 0.15) is 13.2 Å². The van der Waals surface area contributed by atoms with Crippen molar-refractivity contribution in [3.63, 3.8) is 0 Å². The fourth-order valence-corrected chi connectivity index (χ4v) is 6.39. The van der Waals surface area contributed by atoms with Crippen LogP contribution in [0.1, 0.15) is 201 Å². The van der Waals surface area contributed by atoms with E-state index >= 15 is 0 Å². The van der Waals surface area contributed by atoms with Crippen LogP contribution in [-0.2, 0) is 28.6 Å². The fraction of sp³-hybridized carbons (Fsp3) is 0.576. The van der Waals surface area contributed by atoms with Gasteiger partial charge in [0.15, 0.2) is 6.10 Å². The summed E-state index contributed by atoms with van der Waals surface area (Å²) in [6, 6.07) is 0. The van der Waals surface area contributed by atoms with Crippen molar-refractivity contribution in [3.8, 4) is 0 Å². The highest BCUT2D eigenvalue weighted by molar-refractivity contribution is 5.71. The minimum absolute atomic E-state index is 0.118. The highest BCUT2D eigenvalue weighted by Crippen LogP contribution is 2.12. The van der Waals surface area contributed by atoms with Crippen molar-refractivity contribution in [3.05, 3.63) is 134 Å². The van der Waals surface area contributed by atoms with E-state index in [-0.39, 0.29) is 37.5 Å². The Bertz CT molecular complexity index is 1450. The van der Waals surface area contributed by atoms with Crippen molar-refractivity contribution in [1.82, 2.24) is 0 Å². The van der Waals surface area contributed by atoms with Gasteiger partial charge in [0.2, 0.25) is 0 Å². The van der Waals surface area contributed by atoms with Gasteiger partial charge in [0, 0.05) is 19.3 Å². The van der Waals surface area contributed by atoms with E-state index in [1.54, 1.807) is 0 Å². The summed E-state index contributed by atoms with van der Waals surface area (Å²) in [6.07, 6.45) is 72.9. The van der Waals surface area contributed by atoms with Gasteiger partial charge in [0.05, 0.1) is 0 Å². The molecule has 0 aliphatic rings. The standard InChI is InChI=1S/C59H92O6/c1-4-7-10-13-16-19-22-25-28-30-32-34-37-40-43-46-49-52-58(61)64-55-56(54-63-57(60)51-48-45-42-39-36-33-27-24-21-18-15-12-9-6-3)65-59(62)53-50-47-44-41-38-35-31-29-26-23-20-17-14-11-8-5-2/h7-12,16-21,25-29,32-34,40,43,56H,4-6,13-15,22-24,30-31,35-39,41-42,44-55H2,1-3H3/b10-7-,11-8-,12-9-,19-16-,20-17-,21-18-,28-25-,29-26-,33-27-,34-32-,43-40-. The number of hydrogen-bond donors (Lipinski definition) is 0. The molecular weight excluding hydrogens is 805 g/mol. The summed E-state index contributed by atoms with van der Waals surface area (Å²) >= 11 is 0. The molecule has 0 aromatic rings. The molecule has 0 radical (unpaired) electrons. The highest BCUT2D eigenvalue weighted by Gasteiger charge is 2.19. The first kappa shape index (κ1) is 60.5. The van der Waals surface area contributed by atoms with Gasteiger partial charge >= 0.3 is 17.9 Å². The maximum Gasteiger partial charge on any atom is 0.306 e. The van der Waals surface area contributed by atoms with Crippen molar-refractivity contribution in [2.24, 2.45) is 0 Å². The zero-order chi connectivity index (χ0) is 47.2. The summed E-state index contributed by atoms with van der Waals surface area (Å²) in [5.74, 6) is -1.02. The third-order valence-electron chi connectivity index (χ3n) is 10.1. The lowest BCUT2D eigenvalue weighted by atomic mass is 10.1. The number of carbonyl (C=O) groups is 3. The SMILES string of the molecule is CC/C=C\C/C=C\C/C=C\C/C=C\C/C=C\CCCC(=O)OCC(COC(=O)CCCCCC/C=C\C/C=C\C/C=C\CC)OC(=O)CCCCCCCC/C=C\C/C=C\C/C=C\CC. The molecule has 0 aliphatic carbocycles. The third kappa shape index (κ3) is 50.4. The second-order valence-electron chi connectivity index (χ2n) is 16.3. The Kier molecular flexibility index (Phi) is 48.6. The summed E-state index contributed by atoms with van der Waals surface area (Å²) in [7, 11) is 0. The van der Waals surface area contributed by atoms with Crippen LogP contribution in [0.4, 0.5) is 0 Å². The van der Waals surface area contributed by atoms with Gasteiger partial charge in [-0.2, -0.15) is 0 Å². The van der Waals surface area contributed by atoms with Crippen molar-refractivity contribution in [2.45, 2.75) is 207 Å². The summed E-state index contributed by atoms with van der Waals surface area (Å²) in [5.41, 5.74) is 0. The first-order valence-electron chi connectivity index (χ1n) is 25.7. The number of hydrogen-bond acceptors (Lipinski definition) is 6. The Morgan fingerprint density at radius 1 is 0.308 bits per heavy atom. The third-order valence-corrected chi connectivity index (χ3v) is 10.1. The van der Waals surface area contributed by atoms with Crippen LogP contribution in [0.2, 0.25) is 0 Å². The smallest absolute Gasteiger partial charge is 0.306 e. The fourth-order valence-electron chi connectivity index (χ4n) is 6.39. The molecule has 0 saturated carbocycles. The largest absolute Gasteiger partial charge is 0.462 e. The summed E-state index contributed by atoms with van der Waals surface area (Å²) in [6.45, 7) is 6.20. The molecule has 65 heavy (non-hydrogen) atoms. The van der Waals surface area contributed by atoms with E-state index < -0.39 is 6.10 Å². The number of allylic oxidation sites excluding steroid dienone is 22. The topological polar surface area (TPSA) is 78.9 Å². The molecule has 0 rings (SSSR count). The van der Waals surface area contributed by atoms with E-state index in [0.29, 0.717) is 19.3 Å². The van der Waals surface area contributed by atoms with Crippen molar-refractivity contribution >= 4 is 17.9 Å². The van der Waals surface area contributed by atoms with Gasteiger partial charge in [-0.05, 0) is 122 Å². The molecule has 0 aliphatic heterocycles. The van der Waals surface area contributed by atoms with Crippen LogP contribution in [-0.4, -0.2) is 37.2 Å². The molecule has 0 aromatic carbocycles. The van der Waals surface area contributed by atoms with Crippen LogP contribution in [0.25, 0.3) is 0 Å². The Hall–Kier alpha value is -4.45. The van der Waals surface area contributed by atoms with Crippen LogP contribution in [0.5, 0.6) is 0 Å². The maximum atomic E-state index is 12.8. The molecule has 6 nitrogen and oxygen atoms in total. The predicted molar refractivity (Wildman–Crippen MR) is 279 cm³/mol. The highest BCUT2D eigenvalue weighted by atomic mass is 16.6. The summed E-state index contributed by atoms with van der Waals surface area (Å²) in [5, 5.41) is 0. The molecular formula is C59H92O6. The van der Waals surface area contributed by atoms with Crippen LogP contribution >= 0.6 is 0 Å². The Morgan fingerprint density at radius 3 is 0.923 bits per heavy atom. The van der Waals surface area contributed by atoms with Crippen molar-refractivity contribution in [1.29, 1.82) is 0 Å². The molecule has 1 unspecified atom stereocenters. The second-order valence-corrected chi connectivity index (χ2v) is 16.3. The molecule has 0 spiro atoms. The van der Waals surface area contributed by atoms with Gasteiger partial charge < -0.3 is 14.2 Å². The molecule has 0 fully saturated rings. The Morgan fingerprint density at radius 2 is 0.569 bits per heavy atom. The number of ether oxygens (including phenoxy) is 3. The lowest BCUT2D eigenvalue weighted by molar-refractivity contribution is -0.167. The zero-order valence-electron chi connectivity index (χ0n) is 41.4. The Balaban J connectivity index is 4.56. The van der Waals surface area contributed by atoms with Crippen LogP contribution < -0.4 is 0 Å². The molecule has 0 N–H and O–H groups in total. The number of unbranched alkanes of at least 4 members (excludes halogenated alkanes) is 11. The molecule has 0 bridgehead atoms. The van der Waals surface area contributed by atoms with E-state index in [9.17, 15) is 14.4 Å². The number of esters is 3. The lowest BCUT2D eigenvalue weighted by Gasteiger charge is -2.18. The van der Waals surface area contributed by atoms with Crippen molar-refractivity contribution in [2.75, 3.05) is 13.2 Å². The molecule has 0 heterocycles.